The Morgan fingerprint density at radius 2 is 2.00 bits per heavy atom. The van der Waals surface area contributed by atoms with Gasteiger partial charge in [0.05, 0.1) is 0 Å². The summed E-state index contributed by atoms with van der Waals surface area (Å²) in [6, 6.07) is 9.01. The molecule has 0 aliphatic heterocycles. The maximum absolute atomic E-state index is 3.72. The van der Waals surface area contributed by atoms with Crippen molar-refractivity contribution in [2.45, 2.75) is 57.9 Å². The van der Waals surface area contributed by atoms with E-state index in [1.807, 2.05) is 0 Å². The molecular formula is C17H25N. The third kappa shape index (κ3) is 2.47. The quantitative estimate of drug-likeness (QED) is 0.788. The van der Waals surface area contributed by atoms with E-state index < -0.39 is 0 Å². The van der Waals surface area contributed by atoms with Crippen LogP contribution >= 0.6 is 0 Å². The average molecular weight is 243 g/mol. The lowest BCUT2D eigenvalue weighted by atomic mass is 9.67. The van der Waals surface area contributed by atoms with Crippen LogP contribution in [-0.2, 0) is 6.54 Å². The molecule has 2 fully saturated rings. The van der Waals surface area contributed by atoms with Gasteiger partial charge in [0.15, 0.2) is 0 Å². The summed E-state index contributed by atoms with van der Waals surface area (Å²) < 4.78 is 0. The molecule has 1 aromatic rings. The van der Waals surface area contributed by atoms with Gasteiger partial charge in [0, 0.05) is 13.1 Å². The van der Waals surface area contributed by atoms with Crippen LogP contribution in [0.2, 0.25) is 0 Å². The molecule has 0 atom stereocenters. The fourth-order valence-electron chi connectivity index (χ4n) is 3.28. The van der Waals surface area contributed by atoms with E-state index in [2.05, 4.69) is 36.5 Å². The Hall–Kier alpha value is -0.820. The number of rotatable bonds is 6. The maximum atomic E-state index is 3.72. The molecule has 0 heterocycles. The SMILES string of the molecule is CCC1(CNCc2ccccc2C2CC2)CCC1. The molecule has 1 aromatic carbocycles. The fourth-order valence-corrected chi connectivity index (χ4v) is 3.28. The Labute approximate surface area is 111 Å². The highest BCUT2D eigenvalue weighted by molar-refractivity contribution is 5.33. The van der Waals surface area contributed by atoms with Gasteiger partial charge in [-0.3, -0.25) is 0 Å². The summed E-state index contributed by atoms with van der Waals surface area (Å²) in [6.45, 7) is 4.62. The van der Waals surface area contributed by atoms with Crippen molar-refractivity contribution in [1.29, 1.82) is 0 Å². The second-order valence-corrected chi connectivity index (χ2v) is 6.28. The first-order valence-corrected chi connectivity index (χ1v) is 7.61. The lowest BCUT2D eigenvalue weighted by Gasteiger charge is -2.41. The molecule has 0 spiro atoms. The highest BCUT2D eigenvalue weighted by Gasteiger charge is 2.34. The van der Waals surface area contributed by atoms with Crippen LogP contribution in [0, 0.1) is 5.41 Å². The summed E-state index contributed by atoms with van der Waals surface area (Å²) >= 11 is 0. The van der Waals surface area contributed by atoms with Crippen LogP contribution in [0.1, 0.15) is 62.5 Å². The molecule has 0 radical (unpaired) electrons. The first-order valence-electron chi connectivity index (χ1n) is 7.61. The van der Waals surface area contributed by atoms with Crippen molar-refractivity contribution in [1.82, 2.24) is 5.32 Å². The Bertz CT molecular complexity index is 396. The van der Waals surface area contributed by atoms with Crippen LogP contribution in [0.4, 0.5) is 0 Å². The zero-order valence-corrected chi connectivity index (χ0v) is 11.5. The van der Waals surface area contributed by atoms with Crippen molar-refractivity contribution in [2.75, 3.05) is 6.54 Å². The van der Waals surface area contributed by atoms with E-state index >= 15 is 0 Å². The van der Waals surface area contributed by atoms with Crippen molar-refractivity contribution in [2.24, 2.45) is 5.41 Å². The van der Waals surface area contributed by atoms with E-state index in [-0.39, 0.29) is 0 Å². The molecule has 2 aliphatic rings. The van der Waals surface area contributed by atoms with Gasteiger partial charge in [-0.1, -0.05) is 37.6 Å². The zero-order valence-electron chi connectivity index (χ0n) is 11.5. The largest absolute Gasteiger partial charge is 0.312 e. The second-order valence-electron chi connectivity index (χ2n) is 6.28. The van der Waals surface area contributed by atoms with Gasteiger partial charge in [0.2, 0.25) is 0 Å². The van der Waals surface area contributed by atoms with Crippen molar-refractivity contribution < 1.29 is 0 Å². The molecular weight excluding hydrogens is 218 g/mol. The summed E-state index contributed by atoms with van der Waals surface area (Å²) in [5.41, 5.74) is 3.77. The van der Waals surface area contributed by atoms with Crippen LogP contribution in [-0.4, -0.2) is 6.54 Å². The van der Waals surface area contributed by atoms with Gasteiger partial charge in [0.25, 0.3) is 0 Å². The number of nitrogens with one attached hydrogen (secondary N) is 1. The molecule has 0 amide bonds. The predicted octanol–water partition coefficient (Wildman–Crippen LogP) is 4.23. The number of hydrogen-bond donors (Lipinski definition) is 1. The molecule has 0 saturated heterocycles. The van der Waals surface area contributed by atoms with Crippen LogP contribution in [0.5, 0.6) is 0 Å². The Balaban J connectivity index is 1.56. The average Bonchev–Trinajstić information content (AvgIpc) is 3.17. The third-order valence-corrected chi connectivity index (χ3v) is 5.05. The minimum absolute atomic E-state index is 0.633. The van der Waals surface area contributed by atoms with Gasteiger partial charge in [-0.05, 0) is 54.6 Å². The van der Waals surface area contributed by atoms with Crippen LogP contribution in [0.3, 0.4) is 0 Å². The van der Waals surface area contributed by atoms with E-state index in [0.717, 1.165) is 12.5 Å². The van der Waals surface area contributed by atoms with Crippen LogP contribution in [0.25, 0.3) is 0 Å². The Morgan fingerprint density at radius 3 is 2.61 bits per heavy atom. The lowest BCUT2D eigenvalue weighted by Crippen LogP contribution is -2.39. The smallest absolute Gasteiger partial charge is 0.0208 e. The van der Waals surface area contributed by atoms with Gasteiger partial charge in [-0.2, -0.15) is 0 Å². The van der Waals surface area contributed by atoms with Crippen LogP contribution < -0.4 is 5.32 Å². The van der Waals surface area contributed by atoms with E-state index in [4.69, 9.17) is 0 Å². The van der Waals surface area contributed by atoms with Crippen molar-refractivity contribution in [3.63, 3.8) is 0 Å². The highest BCUT2D eigenvalue weighted by Crippen LogP contribution is 2.43. The molecule has 2 aliphatic carbocycles. The topological polar surface area (TPSA) is 12.0 Å². The minimum atomic E-state index is 0.633. The monoisotopic (exact) mass is 243 g/mol. The second kappa shape index (κ2) is 5.05. The summed E-state index contributed by atoms with van der Waals surface area (Å²) in [5, 5.41) is 3.72. The van der Waals surface area contributed by atoms with Gasteiger partial charge < -0.3 is 5.32 Å². The molecule has 0 bridgehead atoms. The first kappa shape index (κ1) is 12.2. The molecule has 1 N–H and O–H groups in total. The summed E-state index contributed by atoms with van der Waals surface area (Å²) in [5.74, 6) is 0.867. The van der Waals surface area contributed by atoms with Gasteiger partial charge in [0.1, 0.15) is 0 Å². The van der Waals surface area contributed by atoms with Crippen molar-refractivity contribution in [3.8, 4) is 0 Å². The summed E-state index contributed by atoms with van der Waals surface area (Å²) in [7, 11) is 0. The minimum Gasteiger partial charge on any atom is -0.312 e. The molecule has 0 unspecified atom stereocenters. The molecule has 2 saturated carbocycles. The number of hydrogen-bond acceptors (Lipinski definition) is 1. The molecule has 0 aromatic heterocycles. The van der Waals surface area contributed by atoms with Crippen molar-refractivity contribution in [3.05, 3.63) is 35.4 Å². The standard InChI is InChI=1S/C17H25N/c1-2-17(10-5-11-17)13-18-12-15-6-3-4-7-16(15)14-8-9-14/h3-4,6-7,14,18H,2,5,8-13H2,1H3. The Morgan fingerprint density at radius 1 is 1.22 bits per heavy atom. The van der Waals surface area contributed by atoms with E-state index in [0.29, 0.717) is 5.41 Å². The normalized spacial score (nSPS) is 21.6. The van der Waals surface area contributed by atoms with E-state index in [9.17, 15) is 0 Å². The summed E-state index contributed by atoms with van der Waals surface area (Å²) in [6.07, 6.45) is 8.44. The molecule has 1 nitrogen and oxygen atoms in total. The van der Waals surface area contributed by atoms with Crippen molar-refractivity contribution >= 4 is 0 Å². The maximum Gasteiger partial charge on any atom is 0.0208 e. The lowest BCUT2D eigenvalue weighted by molar-refractivity contribution is 0.124. The number of benzene rings is 1. The Kier molecular flexibility index (Phi) is 3.43. The van der Waals surface area contributed by atoms with Gasteiger partial charge in [-0.15, -0.1) is 0 Å². The fraction of sp³-hybridized carbons (Fsp3) is 0.647. The first-order chi connectivity index (χ1) is 8.83. The third-order valence-electron chi connectivity index (χ3n) is 5.05. The zero-order chi connectivity index (χ0) is 12.4. The summed E-state index contributed by atoms with van der Waals surface area (Å²) in [4.78, 5) is 0. The molecule has 98 valence electrons. The van der Waals surface area contributed by atoms with E-state index in [1.54, 1.807) is 5.56 Å². The highest BCUT2D eigenvalue weighted by atomic mass is 14.9. The van der Waals surface area contributed by atoms with Crippen LogP contribution in [0.15, 0.2) is 24.3 Å². The van der Waals surface area contributed by atoms with Gasteiger partial charge >= 0.3 is 0 Å². The van der Waals surface area contributed by atoms with E-state index in [1.165, 1.54) is 50.6 Å². The molecule has 18 heavy (non-hydrogen) atoms. The molecule has 1 heteroatoms. The predicted molar refractivity (Wildman–Crippen MR) is 76.7 cm³/mol. The molecule has 3 rings (SSSR count). The van der Waals surface area contributed by atoms with Gasteiger partial charge in [-0.25, -0.2) is 0 Å².